The summed E-state index contributed by atoms with van der Waals surface area (Å²) in [6.07, 6.45) is 3.47. The van der Waals surface area contributed by atoms with Gasteiger partial charge in [0.05, 0.1) is 18.1 Å². The van der Waals surface area contributed by atoms with Crippen molar-refractivity contribution >= 4 is 39.4 Å². The predicted octanol–water partition coefficient (Wildman–Crippen LogP) is 3.52. The van der Waals surface area contributed by atoms with Gasteiger partial charge in [-0.2, -0.15) is 4.57 Å². The summed E-state index contributed by atoms with van der Waals surface area (Å²) in [5, 5.41) is 22.2. The van der Waals surface area contributed by atoms with Crippen molar-refractivity contribution in [2.45, 2.75) is 0 Å². The quantitative estimate of drug-likeness (QED) is 0.447. The number of aromatic hydroxyl groups is 1. The highest BCUT2D eigenvalue weighted by molar-refractivity contribution is 7.18. The largest absolute Gasteiger partial charge is 0.504 e. The standard InChI is InChI=1S/C17H14N2O4S/c1-18-13-5-3-4-6-15(13)24-16(18)8-7-11-9-12(19(21)22)10-14(23-2)17(11)20/h3-10H,1-2H3/p+1. The first-order valence-corrected chi connectivity index (χ1v) is 7.94. The number of para-hydroxylation sites is 1. The smallest absolute Gasteiger partial charge is 0.274 e. The molecule has 1 N–H and O–H groups in total. The molecule has 24 heavy (non-hydrogen) atoms. The van der Waals surface area contributed by atoms with Crippen LogP contribution in [0.4, 0.5) is 5.69 Å². The van der Waals surface area contributed by atoms with Crippen LogP contribution in [0.25, 0.3) is 22.4 Å². The highest BCUT2D eigenvalue weighted by Crippen LogP contribution is 2.35. The molecule has 1 heterocycles. The van der Waals surface area contributed by atoms with Gasteiger partial charge in [0.15, 0.2) is 11.5 Å². The summed E-state index contributed by atoms with van der Waals surface area (Å²) < 4.78 is 8.18. The van der Waals surface area contributed by atoms with Gasteiger partial charge in [0.1, 0.15) is 11.7 Å². The maximum atomic E-state index is 11.0. The molecule has 0 bridgehead atoms. The second kappa shape index (κ2) is 6.29. The number of benzene rings is 2. The second-order valence-electron chi connectivity index (χ2n) is 5.14. The van der Waals surface area contributed by atoms with Gasteiger partial charge in [-0.15, -0.1) is 0 Å². The van der Waals surface area contributed by atoms with E-state index in [1.807, 2.05) is 42.0 Å². The number of non-ortho nitro benzene ring substituents is 1. The zero-order chi connectivity index (χ0) is 17.3. The fourth-order valence-electron chi connectivity index (χ4n) is 2.43. The third kappa shape index (κ3) is 2.81. The normalized spacial score (nSPS) is 11.2. The van der Waals surface area contributed by atoms with Gasteiger partial charge in [-0.1, -0.05) is 23.5 Å². The molecule has 2 aromatic carbocycles. The van der Waals surface area contributed by atoms with Gasteiger partial charge >= 0.3 is 0 Å². The van der Waals surface area contributed by atoms with Crippen molar-refractivity contribution in [1.29, 1.82) is 0 Å². The number of fused-ring (bicyclic) bond motifs is 1. The SMILES string of the molecule is COc1cc([N+](=O)[O-])cc(/C=C/c2sc3ccccc3[n+]2C)c1O. The number of aryl methyl sites for hydroxylation is 1. The third-order valence-corrected chi connectivity index (χ3v) is 4.88. The summed E-state index contributed by atoms with van der Waals surface area (Å²) in [7, 11) is 3.31. The molecule has 0 aliphatic heterocycles. The van der Waals surface area contributed by atoms with Crippen LogP contribution < -0.4 is 9.30 Å². The average Bonchev–Trinajstić information content (AvgIpc) is 2.90. The molecule has 0 unspecified atom stereocenters. The number of phenols is 1. The Labute approximate surface area is 142 Å². The van der Waals surface area contributed by atoms with Crippen LogP contribution in [0.5, 0.6) is 11.5 Å². The summed E-state index contributed by atoms with van der Waals surface area (Å²) in [5.74, 6) is -0.0484. The number of hydrogen-bond donors (Lipinski definition) is 1. The van der Waals surface area contributed by atoms with E-state index in [-0.39, 0.29) is 17.2 Å². The summed E-state index contributed by atoms with van der Waals surface area (Å²) in [6, 6.07) is 10.5. The van der Waals surface area contributed by atoms with Crippen molar-refractivity contribution in [2.24, 2.45) is 7.05 Å². The summed E-state index contributed by atoms with van der Waals surface area (Å²) in [5.41, 5.74) is 1.30. The molecule has 0 fully saturated rings. The molecule has 0 saturated carbocycles. The van der Waals surface area contributed by atoms with Gasteiger partial charge in [0.25, 0.3) is 10.7 Å². The highest BCUT2D eigenvalue weighted by Gasteiger charge is 2.17. The number of aromatic nitrogens is 1. The van der Waals surface area contributed by atoms with E-state index in [1.54, 1.807) is 17.4 Å². The number of ether oxygens (including phenoxy) is 1. The molecule has 3 aromatic rings. The lowest BCUT2D eigenvalue weighted by atomic mass is 10.1. The monoisotopic (exact) mass is 343 g/mol. The number of phenolic OH excluding ortho intramolecular Hbond substituents is 1. The highest BCUT2D eigenvalue weighted by atomic mass is 32.1. The van der Waals surface area contributed by atoms with E-state index in [0.717, 1.165) is 15.2 Å². The van der Waals surface area contributed by atoms with Crippen molar-refractivity contribution < 1.29 is 19.3 Å². The molecule has 1 aromatic heterocycles. The van der Waals surface area contributed by atoms with E-state index in [4.69, 9.17) is 4.74 Å². The maximum absolute atomic E-state index is 11.0. The number of rotatable bonds is 4. The molecule has 7 heteroatoms. The first-order valence-electron chi connectivity index (χ1n) is 7.12. The van der Waals surface area contributed by atoms with Crippen LogP contribution in [-0.4, -0.2) is 17.1 Å². The van der Waals surface area contributed by atoms with E-state index < -0.39 is 4.92 Å². The predicted molar refractivity (Wildman–Crippen MR) is 93.2 cm³/mol. The van der Waals surface area contributed by atoms with Crippen LogP contribution in [-0.2, 0) is 7.05 Å². The lowest BCUT2D eigenvalue weighted by molar-refractivity contribution is -0.642. The molecule has 0 atom stereocenters. The van der Waals surface area contributed by atoms with Crippen molar-refractivity contribution in [2.75, 3.05) is 7.11 Å². The van der Waals surface area contributed by atoms with E-state index in [0.29, 0.717) is 5.56 Å². The lowest BCUT2D eigenvalue weighted by Crippen LogP contribution is -2.28. The van der Waals surface area contributed by atoms with Gasteiger partial charge in [0.2, 0.25) is 5.52 Å². The number of nitro benzene ring substituents is 1. The molecule has 0 radical (unpaired) electrons. The number of nitrogens with zero attached hydrogens (tertiary/aromatic N) is 2. The third-order valence-electron chi connectivity index (χ3n) is 3.70. The van der Waals surface area contributed by atoms with Crippen LogP contribution in [0.15, 0.2) is 36.4 Å². The average molecular weight is 343 g/mol. The molecule has 0 spiro atoms. The lowest BCUT2D eigenvalue weighted by Gasteiger charge is -2.05. The van der Waals surface area contributed by atoms with E-state index in [1.165, 1.54) is 19.2 Å². The summed E-state index contributed by atoms with van der Waals surface area (Å²) in [4.78, 5) is 10.5. The molecule has 0 saturated heterocycles. The van der Waals surface area contributed by atoms with Crippen molar-refractivity contribution in [1.82, 2.24) is 0 Å². The van der Waals surface area contributed by atoms with Gasteiger partial charge in [-0.3, -0.25) is 10.1 Å². The minimum atomic E-state index is -0.515. The Balaban J connectivity index is 2.06. The van der Waals surface area contributed by atoms with Crippen LogP contribution in [0.3, 0.4) is 0 Å². The van der Waals surface area contributed by atoms with Crippen molar-refractivity contribution in [3.8, 4) is 11.5 Å². The summed E-state index contributed by atoms with van der Waals surface area (Å²) >= 11 is 1.60. The van der Waals surface area contributed by atoms with Gasteiger partial charge in [-0.05, 0) is 12.1 Å². The van der Waals surface area contributed by atoms with Gasteiger partial charge in [-0.25, -0.2) is 0 Å². The number of nitro groups is 1. The fraction of sp³-hybridized carbons (Fsp3) is 0.118. The Morgan fingerprint density at radius 1 is 1.29 bits per heavy atom. The van der Waals surface area contributed by atoms with Crippen LogP contribution in [0.2, 0.25) is 0 Å². The first-order chi connectivity index (χ1) is 11.5. The molecule has 3 rings (SSSR count). The molecule has 0 aliphatic carbocycles. The van der Waals surface area contributed by atoms with Gasteiger partial charge < -0.3 is 9.84 Å². The molecule has 122 valence electrons. The Bertz CT molecular complexity index is 963. The minimum absolute atomic E-state index is 0.0737. The maximum Gasteiger partial charge on any atom is 0.274 e. The Hall–Kier alpha value is -2.93. The Morgan fingerprint density at radius 2 is 2.04 bits per heavy atom. The first kappa shape index (κ1) is 15.9. The van der Waals surface area contributed by atoms with E-state index >= 15 is 0 Å². The van der Waals surface area contributed by atoms with Crippen LogP contribution in [0, 0.1) is 10.1 Å². The van der Waals surface area contributed by atoms with Gasteiger partial charge in [0, 0.05) is 23.8 Å². The molecule has 0 aliphatic rings. The molecular formula is C17H15N2O4S+. The van der Waals surface area contributed by atoms with Crippen molar-refractivity contribution in [3.63, 3.8) is 0 Å². The molecular weight excluding hydrogens is 328 g/mol. The van der Waals surface area contributed by atoms with E-state index in [2.05, 4.69) is 0 Å². The van der Waals surface area contributed by atoms with Crippen LogP contribution in [0.1, 0.15) is 10.6 Å². The Kier molecular flexibility index (Phi) is 4.18. The van der Waals surface area contributed by atoms with E-state index in [9.17, 15) is 15.2 Å². The zero-order valence-electron chi connectivity index (χ0n) is 13.1. The molecule has 0 amide bonds. The Morgan fingerprint density at radius 3 is 2.71 bits per heavy atom. The summed E-state index contributed by atoms with van der Waals surface area (Å²) in [6.45, 7) is 0. The fourth-order valence-corrected chi connectivity index (χ4v) is 3.48. The topological polar surface area (TPSA) is 76.5 Å². The number of hydrogen-bond acceptors (Lipinski definition) is 5. The number of methoxy groups -OCH3 is 1. The molecule has 6 nitrogen and oxygen atoms in total. The minimum Gasteiger partial charge on any atom is -0.504 e. The van der Waals surface area contributed by atoms with Crippen molar-refractivity contribution in [3.05, 3.63) is 57.1 Å². The number of thiazole rings is 1. The van der Waals surface area contributed by atoms with Crippen LogP contribution >= 0.6 is 11.3 Å². The second-order valence-corrected chi connectivity index (χ2v) is 6.21. The zero-order valence-corrected chi connectivity index (χ0v) is 13.9.